The Labute approximate surface area is 81.9 Å². The minimum absolute atomic E-state index is 0.431. The first-order valence-corrected chi connectivity index (χ1v) is 4.04. The Morgan fingerprint density at radius 3 is 1.54 bits per heavy atom. The van der Waals surface area contributed by atoms with Gasteiger partial charge in [0, 0.05) is 6.61 Å². The van der Waals surface area contributed by atoms with E-state index in [9.17, 15) is 0 Å². The predicted molar refractivity (Wildman–Crippen MR) is 54.5 cm³/mol. The van der Waals surface area contributed by atoms with Gasteiger partial charge in [0.15, 0.2) is 0 Å². The predicted octanol–water partition coefficient (Wildman–Crippen LogP) is 0.801. The Morgan fingerprint density at radius 2 is 1.54 bits per heavy atom. The first-order valence-electron chi connectivity index (χ1n) is 4.04. The van der Waals surface area contributed by atoms with E-state index >= 15 is 0 Å². The summed E-state index contributed by atoms with van der Waals surface area (Å²) in [6.45, 7) is 10.1. The van der Waals surface area contributed by atoms with Crippen LogP contribution in [0.4, 0.5) is 0 Å². The van der Waals surface area contributed by atoms with E-state index in [1.165, 1.54) is 0 Å². The van der Waals surface area contributed by atoms with Crippen LogP contribution >= 0.6 is 0 Å². The molecule has 13 heavy (non-hydrogen) atoms. The van der Waals surface area contributed by atoms with Gasteiger partial charge in [-0.05, 0) is 27.7 Å². The van der Waals surface area contributed by atoms with Crippen LogP contribution in [0.3, 0.4) is 0 Å². The molecule has 0 aromatic carbocycles. The van der Waals surface area contributed by atoms with Crippen LogP contribution in [0.1, 0.15) is 27.7 Å². The molecule has 0 rings (SSSR count). The van der Waals surface area contributed by atoms with Crippen LogP contribution in [0.5, 0.6) is 0 Å². The summed E-state index contributed by atoms with van der Waals surface area (Å²) in [4.78, 5) is 0. The van der Waals surface area contributed by atoms with Crippen molar-refractivity contribution in [2.24, 2.45) is 0 Å². The van der Waals surface area contributed by atoms with E-state index in [-0.39, 0.29) is 0 Å². The Kier molecular flexibility index (Phi) is 7.22. The Hall–Kier alpha value is -0.315. The molecule has 0 fully saturated rings. The second-order valence-corrected chi connectivity index (χ2v) is 3.74. The molecule has 0 saturated heterocycles. The monoisotopic (exact) mass is 186 g/mol. The average molecular weight is 186 g/mol. The molecule has 0 aliphatic carbocycles. The van der Waals surface area contributed by atoms with Crippen molar-refractivity contribution in [1.29, 1.82) is 0 Å². The molecule has 4 heteroatoms. The fourth-order valence-electron chi connectivity index (χ4n) is 0.0680. The summed E-state index contributed by atoms with van der Waals surface area (Å²) < 4.78 is 4.07. The third-order valence-corrected chi connectivity index (χ3v) is 1.71. The van der Waals surface area contributed by atoms with Crippen LogP contribution in [-0.4, -0.2) is 36.1 Å². The van der Waals surface area contributed by atoms with Crippen molar-refractivity contribution in [3.63, 3.8) is 0 Å². The van der Waals surface area contributed by atoms with Crippen molar-refractivity contribution in [1.82, 2.24) is 0 Å². The summed E-state index contributed by atoms with van der Waals surface area (Å²) in [5, 5.41) is 18.2. The van der Waals surface area contributed by atoms with Gasteiger partial charge in [-0.2, -0.15) is 0 Å². The standard InChI is InChI=1S/C6H14O2.C3H5BO/c1-5(2,7)6(3,4)8;1-2-3-5-4/h7-8H,1-4H3;2H,1,3H2. The molecular formula is C9H19BO3. The largest absolute Gasteiger partial charge is 0.444 e. The van der Waals surface area contributed by atoms with Crippen molar-refractivity contribution < 1.29 is 14.9 Å². The molecule has 0 spiro atoms. The van der Waals surface area contributed by atoms with Crippen molar-refractivity contribution in [3.8, 4) is 0 Å². The molecule has 0 heterocycles. The van der Waals surface area contributed by atoms with E-state index in [0.29, 0.717) is 6.61 Å². The van der Waals surface area contributed by atoms with Crippen LogP contribution < -0.4 is 0 Å². The molecule has 76 valence electrons. The zero-order valence-electron chi connectivity index (χ0n) is 8.87. The van der Waals surface area contributed by atoms with Crippen LogP contribution in [0, 0.1) is 0 Å². The van der Waals surface area contributed by atoms with Gasteiger partial charge in [0.25, 0.3) is 8.05 Å². The van der Waals surface area contributed by atoms with Crippen molar-refractivity contribution in [2.45, 2.75) is 38.9 Å². The third kappa shape index (κ3) is 9.60. The van der Waals surface area contributed by atoms with Gasteiger partial charge in [0.05, 0.1) is 11.2 Å². The lowest BCUT2D eigenvalue weighted by Crippen LogP contribution is -2.44. The van der Waals surface area contributed by atoms with Crippen LogP contribution in [-0.2, 0) is 4.65 Å². The summed E-state index contributed by atoms with van der Waals surface area (Å²) in [6.07, 6.45) is 1.58. The van der Waals surface area contributed by atoms with E-state index < -0.39 is 11.2 Å². The van der Waals surface area contributed by atoms with Gasteiger partial charge in [0.2, 0.25) is 0 Å². The lowest BCUT2D eigenvalue weighted by Gasteiger charge is -2.31. The van der Waals surface area contributed by atoms with E-state index in [1.807, 2.05) is 0 Å². The molecule has 0 aromatic rings. The normalized spacial score (nSPS) is 11.5. The zero-order chi connectivity index (χ0) is 11.1. The van der Waals surface area contributed by atoms with Gasteiger partial charge < -0.3 is 14.9 Å². The Morgan fingerprint density at radius 1 is 1.23 bits per heavy atom. The van der Waals surface area contributed by atoms with E-state index in [1.54, 1.807) is 33.8 Å². The zero-order valence-corrected chi connectivity index (χ0v) is 8.87. The molecule has 0 aliphatic rings. The lowest BCUT2D eigenvalue weighted by molar-refractivity contribution is -0.107. The molecule has 0 amide bonds. The second-order valence-electron chi connectivity index (χ2n) is 3.74. The van der Waals surface area contributed by atoms with Crippen LogP contribution in [0.25, 0.3) is 0 Å². The maximum Gasteiger partial charge on any atom is 0.283 e. The molecule has 0 bridgehead atoms. The van der Waals surface area contributed by atoms with Crippen molar-refractivity contribution in [2.75, 3.05) is 6.61 Å². The number of hydrogen-bond donors (Lipinski definition) is 2. The fourth-order valence-corrected chi connectivity index (χ4v) is 0.0680. The minimum atomic E-state index is -1.01. The van der Waals surface area contributed by atoms with Gasteiger partial charge in [-0.25, -0.2) is 0 Å². The fraction of sp³-hybridized carbons (Fsp3) is 0.778. The third-order valence-electron chi connectivity index (χ3n) is 1.71. The van der Waals surface area contributed by atoms with Crippen molar-refractivity contribution >= 4 is 8.05 Å². The minimum Gasteiger partial charge on any atom is -0.444 e. The van der Waals surface area contributed by atoms with E-state index in [0.717, 1.165) is 0 Å². The highest BCUT2D eigenvalue weighted by molar-refractivity contribution is 5.98. The van der Waals surface area contributed by atoms with Crippen LogP contribution in [0.15, 0.2) is 12.7 Å². The molecule has 0 aliphatic heterocycles. The number of rotatable bonds is 3. The Bertz CT molecular complexity index is 121. The molecule has 2 N–H and O–H groups in total. The van der Waals surface area contributed by atoms with Gasteiger partial charge in [-0.1, -0.05) is 6.08 Å². The highest BCUT2D eigenvalue weighted by atomic mass is 16.4. The lowest BCUT2D eigenvalue weighted by atomic mass is 9.90. The molecule has 0 atom stereocenters. The summed E-state index contributed by atoms with van der Waals surface area (Å²) in [6, 6.07) is 0. The van der Waals surface area contributed by atoms with Gasteiger partial charge in [-0.15, -0.1) is 6.58 Å². The summed E-state index contributed by atoms with van der Waals surface area (Å²) in [5.74, 6) is 0. The molecular weight excluding hydrogens is 167 g/mol. The van der Waals surface area contributed by atoms with E-state index in [2.05, 4.69) is 19.3 Å². The van der Waals surface area contributed by atoms with Crippen LogP contribution in [0.2, 0.25) is 0 Å². The maximum absolute atomic E-state index is 9.10. The van der Waals surface area contributed by atoms with Gasteiger partial charge in [0.1, 0.15) is 0 Å². The summed E-state index contributed by atoms with van der Waals surface area (Å²) in [7, 11) is 4.57. The maximum atomic E-state index is 9.10. The summed E-state index contributed by atoms with van der Waals surface area (Å²) in [5.41, 5.74) is -2.01. The quantitative estimate of drug-likeness (QED) is 0.506. The molecule has 0 aromatic heterocycles. The smallest absolute Gasteiger partial charge is 0.283 e. The Balaban J connectivity index is 0. The van der Waals surface area contributed by atoms with E-state index in [4.69, 9.17) is 10.2 Å². The molecule has 3 nitrogen and oxygen atoms in total. The molecule has 0 saturated carbocycles. The first-order chi connectivity index (χ1) is 5.66. The molecule has 2 radical (unpaired) electrons. The highest BCUT2D eigenvalue weighted by Crippen LogP contribution is 2.19. The second kappa shape index (κ2) is 6.19. The van der Waals surface area contributed by atoms with Gasteiger partial charge in [-0.3, -0.25) is 0 Å². The molecule has 0 unspecified atom stereocenters. The topological polar surface area (TPSA) is 49.7 Å². The van der Waals surface area contributed by atoms with Crippen molar-refractivity contribution in [3.05, 3.63) is 12.7 Å². The number of aliphatic hydroxyl groups is 2. The average Bonchev–Trinajstić information content (AvgIpc) is 1.85. The summed E-state index contributed by atoms with van der Waals surface area (Å²) >= 11 is 0. The highest BCUT2D eigenvalue weighted by Gasteiger charge is 2.31. The number of hydrogen-bond acceptors (Lipinski definition) is 3. The van der Waals surface area contributed by atoms with Gasteiger partial charge >= 0.3 is 0 Å². The SMILES string of the molecule is CC(C)(O)C(C)(C)O.[B]OCC=C. The first kappa shape index (κ1) is 15.2.